The Balaban J connectivity index is 1.23. The predicted octanol–water partition coefficient (Wildman–Crippen LogP) is 3.56. The summed E-state index contributed by atoms with van der Waals surface area (Å²) in [4.78, 5) is 27.1. The number of anilines is 2. The molecule has 7 heteroatoms. The molecule has 0 aromatic heterocycles. The Labute approximate surface area is 182 Å². The highest BCUT2D eigenvalue weighted by molar-refractivity contribution is 5.93. The van der Waals surface area contributed by atoms with Crippen LogP contribution in [0.3, 0.4) is 0 Å². The number of nitrogens with zero attached hydrogens (tertiary/aromatic N) is 1. The number of amides is 2. The van der Waals surface area contributed by atoms with Crippen LogP contribution in [-0.2, 0) is 20.9 Å². The van der Waals surface area contributed by atoms with E-state index in [9.17, 15) is 9.59 Å². The van der Waals surface area contributed by atoms with Crippen molar-refractivity contribution in [3.05, 3.63) is 60.2 Å². The molecule has 0 unspecified atom stereocenters. The van der Waals surface area contributed by atoms with Gasteiger partial charge in [-0.3, -0.25) is 4.79 Å². The Hall–Kier alpha value is -3.06. The standard InChI is InChI=1S/C24H29N3O4/c28-23(25-20-7-4-8-22(16-20)27-11-13-30-14-12-27)19-9-10-21(15-19)26-24(29)31-17-18-5-2-1-3-6-18/h1-8,16,19,21H,9-15,17H2,(H,25,28)(H,26,29)/t19-,21-/m0/s1. The lowest BCUT2D eigenvalue weighted by atomic mass is 10.1. The van der Waals surface area contributed by atoms with Crippen LogP contribution >= 0.6 is 0 Å². The number of carbonyl (C=O) groups excluding carboxylic acids is 2. The van der Waals surface area contributed by atoms with Gasteiger partial charge in [-0.25, -0.2) is 4.79 Å². The first-order chi connectivity index (χ1) is 15.2. The van der Waals surface area contributed by atoms with Crippen LogP contribution in [-0.4, -0.2) is 44.3 Å². The Morgan fingerprint density at radius 3 is 2.65 bits per heavy atom. The number of benzene rings is 2. The number of rotatable bonds is 6. The molecule has 2 aliphatic rings. The van der Waals surface area contributed by atoms with Crippen molar-refractivity contribution < 1.29 is 19.1 Å². The summed E-state index contributed by atoms with van der Waals surface area (Å²) in [5.74, 6) is -0.118. The van der Waals surface area contributed by atoms with Crippen molar-refractivity contribution in [1.29, 1.82) is 0 Å². The third-order valence-electron chi connectivity index (χ3n) is 5.83. The Kier molecular flexibility index (Phi) is 7.04. The monoisotopic (exact) mass is 423 g/mol. The number of alkyl carbamates (subject to hydrolysis) is 1. The van der Waals surface area contributed by atoms with E-state index < -0.39 is 6.09 Å². The van der Waals surface area contributed by atoms with Gasteiger partial charge in [-0.15, -0.1) is 0 Å². The average Bonchev–Trinajstić information content (AvgIpc) is 3.28. The Morgan fingerprint density at radius 2 is 1.84 bits per heavy atom. The molecular formula is C24H29N3O4. The van der Waals surface area contributed by atoms with E-state index in [0.29, 0.717) is 6.42 Å². The number of hydrogen-bond donors (Lipinski definition) is 2. The van der Waals surface area contributed by atoms with Gasteiger partial charge in [0, 0.05) is 36.4 Å². The van der Waals surface area contributed by atoms with Gasteiger partial charge >= 0.3 is 6.09 Å². The van der Waals surface area contributed by atoms with Gasteiger partial charge in [0.25, 0.3) is 0 Å². The molecule has 0 radical (unpaired) electrons. The average molecular weight is 424 g/mol. The van der Waals surface area contributed by atoms with Crippen LogP contribution in [0, 0.1) is 5.92 Å². The van der Waals surface area contributed by atoms with Crippen molar-refractivity contribution >= 4 is 23.4 Å². The number of carbonyl (C=O) groups is 2. The van der Waals surface area contributed by atoms with E-state index in [2.05, 4.69) is 21.6 Å². The van der Waals surface area contributed by atoms with E-state index in [1.165, 1.54) is 0 Å². The summed E-state index contributed by atoms with van der Waals surface area (Å²) in [6, 6.07) is 17.5. The van der Waals surface area contributed by atoms with Gasteiger partial charge in [0.05, 0.1) is 13.2 Å². The van der Waals surface area contributed by atoms with Gasteiger partial charge in [-0.05, 0) is 43.0 Å². The number of ether oxygens (including phenoxy) is 2. The maximum atomic E-state index is 12.8. The molecule has 1 saturated heterocycles. The minimum absolute atomic E-state index is 0.00100. The molecule has 2 amide bonds. The van der Waals surface area contributed by atoms with Crippen LogP contribution in [0.1, 0.15) is 24.8 Å². The molecule has 2 aromatic rings. The minimum Gasteiger partial charge on any atom is -0.445 e. The summed E-state index contributed by atoms with van der Waals surface area (Å²) in [5.41, 5.74) is 2.83. The molecule has 1 aliphatic heterocycles. The van der Waals surface area contributed by atoms with E-state index in [-0.39, 0.29) is 24.5 Å². The fraction of sp³-hybridized carbons (Fsp3) is 0.417. The van der Waals surface area contributed by atoms with Gasteiger partial charge in [-0.2, -0.15) is 0 Å². The van der Waals surface area contributed by atoms with Gasteiger partial charge in [-0.1, -0.05) is 36.4 Å². The topological polar surface area (TPSA) is 79.9 Å². The first kappa shape index (κ1) is 21.2. The molecule has 1 saturated carbocycles. The molecule has 2 atom stereocenters. The fourth-order valence-electron chi connectivity index (χ4n) is 4.13. The molecule has 2 N–H and O–H groups in total. The summed E-state index contributed by atoms with van der Waals surface area (Å²) in [7, 11) is 0. The molecule has 2 aromatic carbocycles. The van der Waals surface area contributed by atoms with Crippen molar-refractivity contribution in [2.75, 3.05) is 36.5 Å². The summed E-state index contributed by atoms with van der Waals surface area (Å²) in [6.45, 7) is 3.39. The maximum absolute atomic E-state index is 12.8. The van der Waals surface area contributed by atoms with Crippen molar-refractivity contribution in [3.63, 3.8) is 0 Å². The molecular weight excluding hydrogens is 394 g/mol. The lowest BCUT2D eigenvalue weighted by Crippen LogP contribution is -2.36. The second-order valence-electron chi connectivity index (χ2n) is 8.05. The van der Waals surface area contributed by atoms with Crippen molar-refractivity contribution in [1.82, 2.24) is 5.32 Å². The second kappa shape index (κ2) is 10.3. The molecule has 31 heavy (non-hydrogen) atoms. The van der Waals surface area contributed by atoms with Crippen LogP contribution in [0.5, 0.6) is 0 Å². The van der Waals surface area contributed by atoms with Crippen molar-refractivity contribution in [3.8, 4) is 0 Å². The van der Waals surface area contributed by atoms with Crippen LogP contribution in [0.15, 0.2) is 54.6 Å². The second-order valence-corrected chi connectivity index (χ2v) is 8.05. The third kappa shape index (κ3) is 5.98. The smallest absolute Gasteiger partial charge is 0.407 e. The first-order valence-electron chi connectivity index (χ1n) is 10.9. The molecule has 0 bridgehead atoms. The Morgan fingerprint density at radius 1 is 1.03 bits per heavy atom. The normalized spacial score (nSPS) is 20.8. The first-order valence-corrected chi connectivity index (χ1v) is 10.9. The maximum Gasteiger partial charge on any atom is 0.407 e. The van der Waals surface area contributed by atoms with E-state index in [1.54, 1.807) is 0 Å². The Bertz CT molecular complexity index is 883. The summed E-state index contributed by atoms with van der Waals surface area (Å²) < 4.78 is 10.7. The highest BCUT2D eigenvalue weighted by Gasteiger charge is 2.31. The van der Waals surface area contributed by atoms with Gasteiger partial charge < -0.3 is 25.0 Å². The predicted molar refractivity (Wildman–Crippen MR) is 119 cm³/mol. The zero-order valence-corrected chi connectivity index (χ0v) is 17.6. The van der Waals surface area contributed by atoms with Crippen LogP contribution in [0.2, 0.25) is 0 Å². The molecule has 0 spiro atoms. The van der Waals surface area contributed by atoms with Crippen LogP contribution in [0.4, 0.5) is 16.2 Å². The van der Waals surface area contributed by atoms with E-state index in [4.69, 9.17) is 9.47 Å². The molecule has 7 nitrogen and oxygen atoms in total. The molecule has 2 fully saturated rings. The van der Waals surface area contributed by atoms with Crippen molar-refractivity contribution in [2.45, 2.75) is 31.9 Å². The number of hydrogen-bond acceptors (Lipinski definition) is 5. The molecule has 4 rings (SSSR count). The van der Waals surface area contributed by atoms with E-state index in [0.717, 1.165) is 56.1 Å². The highest BCUT2D eigenvalue weighted by atomic mass is 16.5. The minimum atomic E-state index is -0.437. The van der Waals surface area contributed by atoms with E-state index in [1.807, 2.05) is 48.5 Å². The van der Waals surface area contributed by atoms with E-state index >= 15 is 0 Å². The SMILES string of the molecule is O=C(N[C@H]1CC[C@H](C(=O)Nc2cccc(N3CCOCC3)c2)C1)OCc1ccccc1. The molecule has 1 aliphatic carbocycles. The van der Waals surface area contributed by atoms with Crippen molar-refractivity contribution in [2.24, 2.45) is 5.92 Å². The molecule has 164 valence electrons. The summed E-state index contributed by atoms with van der Waals surface area (Å²) in [6.07, 6.45) is 1.70. The fourth-order valence-corrected chi connectivity index (χ4v) is 4.13. The largest absolute Gasteiger partial charge is 0.445 e. The highest BCUT2D eigenvalue weighted by Crippen LogP contribution is 2.28. The zero-order chi connectivity index (χ0) is 21.5. The van der Waals surface area contributed by atoms with Crippen LogP contribution in [0.25, 0.3) is 0 Å². The van der Waals surface area contributed by atoms with Gasteiger partial charge in [0.15, 0.2) is 0 Å². The van der Waals surface area contributed by atoms with Gasteiger partial charge in [0.1, 0.15) is 6.61 Å². The lowest BCUT2D eigenvalue weighted by molar-refractivity contribution is -0.119. The lowest BCUT2D eigenvalue weighted by Gasteiger charge is -2.29. The third-order valence-corrected chi connectivity index (χ3v) is 5.83. The number of nitrogens with one attached hydrogen (secondary N) is 2. The zero-order valence-electron chi connectivity index (χ0n) is 17.6. The number of morpholine rings is 1. The molecule has 1 heterocycles. The quantitative estimate of drug-likeness (QED) is 0.743. The van der Waals surface area contributed by atoms with Gasteiger partial charge in [0.2, 0.25) is 5.91 Å². The van der Waals surface area contributed by atoms with Crippen LogP contribution < -0.4 is 15.5 Å². The summed E-state index contributed by atoms with van der Waals surface area (Å²) >= 11 is 0. The summed E-state index contributed by atoms with van der Waals surface area (Å²) in [5, 5.41) is 5.93.